The second kappa shape index (κ2) is 6.99. The third-order valence-electron chi connectivity index (χ3n) is 5.08. The van der Waals surface area contributed by atoms with Crippen molar-refractivity contribution in [3.63, 3.8) is 0 Å². The molecule has 4 aromatic heterocycles. The van der Waals surface area contributed by atoms with Crippen molar-refractivity contribution in [1.29, 1.82) is 5.41 Å². The minimum atomic E-state index is -0.306. The molecule has 0 aliphatic heterocycles. The van der Waals surface area contributed by atoms with Gasteiger partial charge in [-0.3, -0.25) is 15.0 Å². The number of nitrogens with one attached hydrogen (secondary N) is 4. The van der Waals surface area contributed by atoms with Gasteiger partial charge in [-0.1, -0.05) is 12.1 Å². The fourth-order valence-corrected chi connectivity index (χ4v) is 3.62. The van der Waals surface area contributed by atoms with Crippen LogP contribution in [0.15, 0.2) is 41.1 Å². The Morgan fingerprint density at radius 1 is 1.30 bits per heavy atom. The number of aromatic amines is 2. The first kappa shape index (κ1) is 17.9. The highest BCUT2D eigenvalue weighted by Gasteiger charge is 2.24. The molecule has 0 aliphatic carbocycles. The summed E-state index contributed by atoms with van der Waals surface area (Å²) in [5.74, 6) is 0.182. The van der Waals surface area contributed by atoms with Crippen LogP contribution in [-0.2, 0) is 20.0 Å². The SMILES string of the molecule is Cn1c(C(=O)NCc2cccc3[nH]ncc23)c(C=N)c2oc(Cc3ccn[nH]3)nc21. The Morgan fingerprint density at radius 2 is 2.20 bits per heavy atom. The maximum atomic E-state index is 13.0. The third-order valence-corrected chi connectivity index (χ3v) is 5.08. The zero-order valence-corrected chi connectivity index (χ0v) is 16.1. The van der Waals surface area contributed by atoms with Crippen LogP contribution in [0.25, 0.3) is 22.1 Å². The Balaban J connectivity index is 1.43. The van der Waals surface area contributed by atoms with Crippen LogP contribution in [0, 0.1) is 5.41 Å². The second-order valence-corrected chi connectivity index (χ2v) is 6.92. The number of fused-ring (bicyclic) bond motifs is 2. The predicted octanol–water partition coefficient (Wildman–Crippen LogP) is 2.28. The van der Waals surface area contributed by atoms with Gasteiger partial charge in [-0.05, 0) is 17.7 Å². The van der Waals surface area contributed by atoms with Crippen LogP contribution < -0.4 is 5.32 Å². The molecule has 4 heterocycles. The number of carbonyl (C=O) groups is 1. The molecule has 0 radical (unpaired) electrons. The van der Waals surface area contributed by atoms with Crippen molar-refractivity contribution in [2.75, 3.05) is 0 Å². The predicted molar refractivity (Wildman–Crippen MR) is 110 cm³/mol. The monoisotopic (exact) mass is 402 g/mol. The highest BCUT2D eigenvalue weighted by molar-refractivity contribution is 6.08. The molecule has 4 N–H and O–H groups in total. The maximum absolute atomic E-state index is 13.0. The number of aromatic nitrogens is 6. The molecule has 5 rings (SSSR count). The molecule has 10 heteroatoms. The van der Waals surface area contributed by atoms with Gasteiger partial charge in [-0.15, -0.1) is 0 Å². The van der Waals surface area contributed by atoms with Gasteiger partial charge in [-0.2, -0.15) is 15.2 Å². The van der Waals surface area contributed by atoms with Gasteiger partial charge in [0.15, 0.2) is 11.2 Å². The molecule has 0 saturated heterocycles. The molecule has 0 atom stereocenters. The molecule has 0 saturated carbocycles. The normalized spacial score (nSPS) is 11.4. The molecule has 150 valence electrons. The van der Waals surface area contributed by atoms with Gasteiger partial charge in [0.1, 0.15) is 5.69 Å². The fourth-order valence-electron chi connectivity index (χ4n) is 3.62. The molecule has 10 nitrogen and oxygen atoms in total. The Morgan fingerprint density at radius 3 is 3.00 bits per heavy atom. The molecule has 0 bridgehead atoms. The summed E-state index contributed by atoms with van der Waals surface area (Å²) >= 11 is 0. The molecule has 30 heavy (non-hydrogen) atoms. The standard InChI is InChI=1S/C20H18N8O2/c1-28-17(20(29)22-9-11-3-2-4-15-14(11)10-24-27-15)13(8-21)18-19(28)25-16(30-18)7-12-5-6-23-26-12/h2-6,8,10,21H,7,9H2,1H3,(H,22,29)(H,23,26)(H,24,27). The molecule has 1 aromatic carbocycles. The van der Waals surface area contributed by atoms with Gasteiger partial charge in [0.25, 0.3) is 5.91 Å². The number of aryl methyl sites for hydroxylation is 1. The van der Waals surface area contributed by atoms with Crippen molar-refractivity contribution >= 4 is 34.3 Å². The number of carbonyl (C=O) groups excluding carboxylic acids is 1. The third kappa shape index (κ3) is 2.85. The summed E-state index contributed by atoms with van der Waals surface area (Å²) in [4.78, 5) is 17.5. The minimum Gasteiger partial charge on any atom is -0.438 e. The van der Waals surface area contributed by atoms with Crippen LogP contribution in [0.4, 0.5) is 0 Å². The van der Waals surface area contributed by atoms with Crippen LogP contribution in [0.3, 0.4) is 0 Å². The first-order valence-electron chi connectivity index (χ1n) is 9.31. The lowest BCUT2D eigenvalue weighted by molar-refractivity contribution is 0.0943. The van der Waals surface area contributed by atoms with Crippen molar-refractivity contribution in [1.82, 2.24) is 35.3 Å². The lowest BCUT2D eigenvalue weighted by Gasteiger charge is -2.08. The van der Waals surface area contributed by atoms with Gasteiger partial charge in [0.2, 0.25) is 5.89 Å². The van der Waals surface area contributed by atoms with E-state index in [2.05, 4.69) is 30.7 Å². The van der Waals surface area contributed by atoms with Crippen LogP contribution in [0.1, 0.15) is 33.2 Å². The van der Waals surface area contributed by atoms with Crippen molar-refractivity contribution in [2.45, 2.75) is 13.0 Å². The lowest BCUT2D eigenvalue weighted by atomic mass is 10.1. The maximum Gasteiger partial charge on any atom is 0.269 e. The van der Waals surface area contributed by atoms with Gasteiger partial charge in [-0.25, -0.2) is 0 Å². The molecule has 0 aliphatic rings. The van der Waals surface area contributed by atoms with Gasteiger partial charge >= 0.3 is 0 Å². The van der Waals surface area contributed by atoms with E-state index in [1.807, 2.05) is 24.3 Å². The summed E-state index contributed by atoms with van der Waals surface area (Å²) in [6, 6.07) is 7.62. The number of hydrogen-bond acceptors (Lipinski definition) is 6. The number of amides is 1. The van der Waals surface area contributed by atoms with Crippen molar-refractivity contribution in [2.24, 2.45) is 7.05 Å². The van der Waals surface area contributed by atoms with Crippen molar-refractivity contribution < 1.29 is 9.21 Å². The number of nitrogens with zero attached hydrogens (tertiary/aromatic N) is 4. The van der Waals surface area contributed by atoms with Crippen LogP contribution in [-0.4, -0.2) is 42.1 Å². The highest BCUT2D eigenvalue weighted by atomic mass is 16.3. The molecule has 0 unspecified atom stereocenters. The Bertz CT molecular complexity index is 1370. The number of oxazole rings is 1. The van der Waals surface area contributed by atoms with E-state index in [4.69, 9.17) is 9.83 Å². The summed E-state index contributed by atoms with van der Waals surface area (Å²) in [6.45, 7) is 0.332. The van der Waals surface area contributed by atoms with Gasteiger partial charge in [0, 0.05) is 37.1 Å². The van der Waals surface area contributed by atoms with E-state index in [0.29, 0.717) is 41.3 Å². The number of H-pyrrole nitrogens is 2. The van der Waals surface area contributed by atoms with E-state index in [1.165, 1.54) is 0 Å². The number of rotatable bonds is 6. The Kier molecular flexibility index (Phi) is 4.16. The molecule has 1 amide bonds. The smallest absolute Gasteiger partial charge is 0.269 e. The van der Waals surface area contributed by atoms with Crippen LogP contribution in [0.5, 0.6) is 0 Å². The fraction of sp³-hybridized carbons (Fsp3) is 0.150. The molecule has 5 aromatic rings. The Labute approximate surface area is 169 Å². The van der Waals surface area contributed by atoms with E-state index >= 15 is 0 Å². The van der Waals surface area contributed by atoms with E-state index in [-0.39, 0.29) is 5.91 Å². The van der Waals surface area contributed by atoms with Gasteiger partial charge < -0.3 is 19.7 Å². The quantitative estimate of drug-likeness (QED) is 0.322. The van der Waals surface area contributed by atoms with E-state index in [1.54, 1.807) is 24.0 Å². The summed E-state index contributed by atoms with van der Waals surface area (Å²) in [5, 5.41) is 25.5. The van der Waals surface area contributed by atoms with E-state index in [9.17, 15) is 4.79 Å². The molecule has 0 spiro atoms. The number of benzene rings is 1. The minimum absolute atomic E-state index is 0.306. The van der Waals surface area contributed by atoms with Crippen molar-refractivity contribution in [3.05, 3.63) is 65.1 Å². The first-order chi connectivity index (χ1) is 14.7. The van der Waals surface area contributed by atoms with Crippen LogP contribution >= 0.6 is 0 Å². The average molecular weight is 402 g/mol. The first-order valence-corrected chi connectivity index (χ1v) is 9.31. The summed E-state index contributed by atoms with van der Waals surface area (Å²) in [6.07, 6.45) is 4.97. The average Bonchev–Trinajstić information content (AvgIpc) is 3.52. The zero-order chi connectivity index (χ0) is 20.7. The van der Waals surface area contributed by atoms with E-state index < -0.39 is 0 Å². The zero-order valence-electron chi connectivity index (χ0n) is 16.1. The Hall–Kier alpha value is -4.21. The topological polar surface area (TPSA) is 141 Å². The van der Waals surface area contributed by atoms with E-state index in [0.717, 1.165) is 28.4 Å². The largest absolute Gasteiger partial charge is 0.438 e. The van der Waals surface area contributed by atoms with Gasteiger partial charge in [0.05, 0.1) is 23.7 Å². The number of hydrogen-bond donors (Lipinski definition) is 4. The van der Waals surface area contributed by atoms with Crippen LogP contribution in [0.2, 0.25) is 0 Å². The molecule has 0 fully saturated rings. The summed E-state index contributed by atoms with van der Waals surface area (Å²) in [7, 11) is 1.74. The highest BCUT2D eigenvalue weighted by Crippen LogP contribution is 2.26. The molecular formula is C20H18N8O2. The van der Waals surface area contributed by atoms with Crippen molar-refractivity contribution in [3.8, 4) is 0 Å². The second-order valence-electron chi connectivity index (χ2n) is 6.92. The summed E-state index contributed by atoms with van der Waals surface area (Å²) < 4.78 is 7.52. The molecular weight excluding hydrogens is 384 g/mol. The summed E-state index contributed by atoms with van der Waals surface area (Å²) in [5.41, 5.74) is 4.39. The lowest BCUT2D eigenvalue weighted by Crippen LogP contribution is -2.26.